The lowest BCUT2D eigenvalue weighted by atomic mass is 10.0. The van der Waals surface area contributed by atoms with Crippen LogP contribution in [-0.2, 0) is 0 Å². The van der Waals surface area contributed by atoms with Crippen molar-refractivity contribution in [3.8, 4) is 11.5 Å². The van der Waals surface area contributed by atoms with E-state index >= 15 is 0 Å². The van der Waals surface area contributed by atoms with Crippen LogP contribution in [0.25, 0.3) is 0 Å². The van der Waals surface area contributed by atoms with E-state index in [2.05, 4.69) is 22.5 Å². The van der Waals surface area contributed by atoms with E-state index in [0.29, 0.717) is 16.8 Å². The van der Waals surface area contributed by atoms with Gasteiger partial charge in [0.25, 0.3) is 0 Å². The molecule has 1 aromatic rings. The molecule has 3 N–H and O–H groups in total. The summed E-state index contributed by atoms with van der Waals surface area (Å²) in [5.74, 6) is 0.581. The van der Waals surface area contributed by atoms with Gasteiger partial charge in [-0.1, -0.05) is 6.08 Å². The first kappa shape index (κ1) is 14.1. The number of ether oxygens (including phenoxy) is 1. The van der Waals surface area contributed by atoms with E-state index in [0.717, 1.165) is 18.4 Å². The molecule has 3 nitrogen and oxygen atoms in total. The van der Waals surface area contributed by atoms with Crippen LogP contribution in [0.1, 0.15) is 31.4 Å². The average Bonchev–Trinajstić information content (AvgIpc) is 2.31. The van der Waals surface area contributed by atoms with Crippen molar-refractivity contribution in [3.63, 3.8) is 0 Å². The summed E-state index contributed by atoms with van der Waals surface area (Å²) in [7, 11) is 0. The summed E-state index contributed by atoms with van der Waals surface area (Å²) >= 11 is 3.30. The summed E-state index contributed by atoms with van der Waals surface area (Å²) in [6, 6.07) is 3.53. The maximum absolute atomic E-state index is 9.78. The molecule has 0 amide bonds. The molecule has 0 aliphatic rings. The number of phenolic OH excluding ortho intramolecular Hbond substituents is 1. The first-order valence-corrected chi connectivity index (χ1v) is 6.41. The number of halogens is 1. The predicted molar refractivity (Wildman–Crippen MR) is 73.3 cm³/mol. The van der Waals surface area contributed by atoms with Crippen molar-refractivity contribution in [1.29, 1.82) is 0 Å². The predicted octanol–water partition coefficient (Wildman–Crippen LogP) is 3.52. The van der Waals surface area contributed by atoms with Crippen LogP contribution in [0.5, 0.6) is 11.5 Å². The van der Waals surface area contributed by atoms with Crippen LogP contribution < -0.4 is 10.5 Å². The van der Waals surface area contributed by atoms with Gasteiger partial charge in [-0.3, -0.25) is 0 Å². The highest BCUT2D eigenvalue weighted by atomic mass is 79.9. The molecule has 0 fully saturated rings. The van der Waals surface area contributed by atoms with Crippen LogP contribution in [0.3, 0.4) is 0 Å². The number of nitrogens with two attached hydrogens (primary N) is 1. The Kier molecular flexibility index (Phi) is 5.51. The second kappa shape index (κ2) is 6.67. The van der Waals surface area contributed by atoms with Crippen molar-refractivity contribution in [3.05, 3.63) is 34.8 Å². The fourth-order valence-electron chi connectivity index (χ4n) is 1.54. The van der Waals surface area contributed by atoms with Gasteiger partial charge in [0, 0.05) is 6.04 Å². The zero-order chi connectivity index (χ0) is 12.8. The molecule has 0 radical (unpaired) electrons. The quantitative estimate of drug-likeness (QED) is 0.790. The highest BCUT2D eigenvalue weighted by Gasteiger charge is 2.13. The van der Waals surface area contributed by atoms with Crippen molar-refractivity contribution >= 4 is 15.9 Å². The van der Waals surface area contributed by atoms with Gasteiger partial charge in [0.1, 0.15) is 0 Å². The number of phenols is 1. The number of hydrogen-bond acceptors (Lipinski definition) is 3. The molecule has 0 saturated heterocycles. The molecular formula is C13H18BrNO2. The Balaban J connectivity index is 2.96. The van der Waals surface area contributed by atoms with Gasteiger partial charge >= 0.3 is 0 Å². The summed E-state index contributed by atoms with van der Waals surface area (Å²) in [5.41, 5.74) is 7.00. The minimum Gasteiger partial charge on any atom is -0.503 e. The third kappa shape index (κ3) is 3.75. The summed E-state index contributed by atoms with van der Waals surface area (Å²) in [4.78, 5) is 0. The lowest BCUT2D eigenvalue weighted by molar-refractivity contribution is 0.316. The highest BCUT2D eigenvalue weighted by Crippen LogP contribution is 2.37. The fourth-order valence-corrected chi connectivity index (χ4v) is 2.00. The summed E-state index contributed by atoms with van der Waals surface area (Å²) in [6.45, 7) is 6.05. The molecule has 0 aromatic heterocycles. The van der Waals surface area contributed by atoms with Crippen LogP contribution in [0, 0.1) is 0 Å². The zero-order valence-electron chi connectivity index (χ0n) is 9.95. The molecule has 0 unspecified atom stereocenters. The van der Waals surface area contributed by atoms with Crippen LogP contribution in [0.4, 0.5) is 0 Å². The van der Waals surface area contributed by atoms with E-state index in [-0.39, 0.29) is 11.8 Å². The topological polar surface area (TPSA) is 55.5 Å². The van der Waals surface area contributed by atoms with Gasteiger partial charge in [-0.15, -0.1) is 6.58 Å². The van der Waals surface area contributed by atoms with Crippen LogP contribution in [-0.4, -0.2) is 11.7 Å². The van der Waals surface area contributed by atoms with E-state index in [9.17, 15) is 5.11 Å². The van der Waals surface area contributed by atoms with Crippen molar-refractivity contribution < 1.29 is 9.84 Å². The Labute approximate surface area is 110 Å². The van der Waals surface area contributed by atoms with Crippen LogP contribution in [0.2, 0.25) is 0 Å². The molecule has 1 aromatic carbocycles. The van der Waals surface area contributed by atoms with Gasteiger partial charge in [0.2, 0.25) is 0 Å². The van der Waals surface area contributed by atoms with Gasteiger partial charge in [0.15, 0.2) is 11.5 Å². The van der Waals surface area contributed by atoms with Crippen molar-refractivity contribution in [1.82, 2.24) is 0 Å². The Morgan fingerprint density at radius 1 is 1.59 bits per heavy atom. The molecule has 0 heterocycles. The smallest absolute Gasteiger partial charge is 0.172 e. The second-order valence-corrected chi connectivity index (χ2v) is 4.61. The molecular weight excluding hydrogens is 282 g/mol. The fraction of sp³-hybridized carbons (Fsp3) is 0.385. The van der Waals surface area contributed by atoms with E-state index < -0.39 is 0 Å². The number of benzene rings is 1. The zero-order valence-corrected chi connectivity index (χ0v) is 11.5. The average molecular weight is 300 g/mol. The molecule has 0 aliphatic carbocycles. The van der Waals surface area contributed by atoms with E-state index in [1.807, 2.05) is 19.1 Å². The standard InChI is InChI=1S/C13H18BrNO2/c1-3-5-6-11(15)9-7-10(14)13(16)12(8-9)17-4-2/h3,7-8,11,16H,1,4-6,15H2,2H3/t11-/m0/s1. The molecule has 1 rings (SSSR count). The Bertz CT molecular complexity index is 393. The minimum atomic E-state index is -0.0795. The number of allylic oxidation sites excluding steroid dienone is 1. The third-order valence-electron chi connectivity index (χ3n) is 2.46. The summed E-state index contributed by atoms with van der Waals surface area (Å²) in [5, 5.41) is 9.78. The van der Waals surface area contributed by atoms with E-state index in [1.54, 1.807) is 6.07 Å². The maximum atomic E-state index is 9.78. The molecule has 1 atom stereocenters. The van der Waals surface area contributed by atoms with E-state index in [1.165, 1.54) is 0 Å². The Hall–Kier alpha value is -1.00. The van der Waals surface area contributed by atoms with Crippen molar-refractivity contribution in [2.24, 2.45) is 5.73 Å². The molecule has 0 bridgehead atoms. The maximum Gasteiger partial charge on any atom is 0.172 e. The Morgan fingerprint density at radius 3 is 2.88 bits per heavy atom. The van der Waals surface area contributed by atoms with Crippen molar-refractivity contribution in [2.45, 2.75) is 25.8 Å². The molecule has 0 aliphatic heterocycles. The Morgan fingerprint density at radius 2 is 2.29 bits per heavy atom. The van der Waals surface area contributed by atoms with Gasteiger partial charge in [0.05, 0.1) is 11.1 Å². The summed E-state index contributed by atoms with van der Waals surface area (Å²) < 4.78 is 5.96. The number of hydrogen-bond donors (Lipinski definition) is 2. The summed E-state index contributed by atoms with van der Waals surface area (Å²) in [6.07, 6.45) is 3.54. The van der Waals surface area contributed by atoms with Crippen molar-refractivity contribution in [2.75, 3.05) is 6.61 Å². The monoisotopic (exact) mass is 299 g/mol. The largest absolute Gasteiger partial charge is 0.503 e. The molecule has 17 heavy (non-hydrogen) atoms. The normalized spacial score (nSPS) is 12.2. The first-order valence-electron chi connectivity index (χ1n) is 5.61. The highest BCUT2D eigenvalue weighted by molar-refractivity contribution is 9.10. The second-order valence-electron chi connectivity index (χ2n) is 3.76. The van der Waals surface area contributed by atoms with Gasteiger partial charge in [-0.2, -0.15) is 0 Å². The van der Waals surface area contributed by atoms with Gasteiger partial charge < -0.3 is 15.6 Å². The SMILES string of the molecule is C=CCC[C@H](N)c1cc(Br)c(O)c(OCC)c1. The number of aromatic hydroxyl groups is 1. The molecule has 0 spiro atoms. The van der Waals surface area contributed by atoms with Crippen LogP contribution >= 0.6 is 15.9 Å². The molecule has 94 valence electrons. The van der Waals surface area contributed by atoms with Gasteiger partial charge in [-0.05, 0) is 53.4 Å². The third-order valence-corrected chi connectivity index (χ3v) is 3.07. The van der Waals surface area contributed by atoms with E-state index in [4.69, 9.17) is 10.5 Å². The lowest BCUT2D eigenvalue weighted by Crippen LogP contribution is -2.10. The number of rotatable bonds is 6. The molecule has 4 heteroatoms. The minimum absolute atomic E-state index is 0.0795. The first-order chi connectivity index (χ1) is 8.10. The van der Waals surface area contributed by atoms with Crippen LogP contribution in [0.15, 0.2) is 29.3 Å². The molecule has 0 saturated carbocycles. The van der Waals surface area contributed by atoms with Gasteiger partial charge in [-0.25, -0.2) is 0 Å². The lowest BCUT2D eigenvalue weighted by Gasteiger charge is -2.15.